The lowest BCUT2D eigenvalue weighted by molar-refractivity contribution is 0.0937. The Bertz CT molecular complexity index is 437. The van der Waals surface area contributed by atoms with Crippen molar-refractivity contribution in [3.8, 4) is 0 Å². The molecule has 0 radical (unpaired) electrons. The van der Waals surface area contributed by atoms with Crippen molar-refractivity contribution in [2.45, 2.75) is 39.2 Å². The van der Waals surface area contributed by atoms with Gasteiger partial charge in [0.25, 0.3) is 11.5 Å². The summed E-state index contributed by atoms with van der Waals surface area (Å²) in [6.07, 6.45) is 4.78. The van der Waals surface area contributed by atoms with E-state index < -0.39 is 0 Å². The van der Waals surface area contributed by atoms with Crippen molar-refractivity contribution in [2.75, 3.05) is 0 Å². The minimum atomic E-state index is -0.175. The number of hydrogen-bond acceptors (Lipinski definition) is 2. The molecule has 0 bridgehead atoms. The smallest absolute Gasteiger partial charge is 0.251 e. The lowest BCUT2D eigenvalue weighted by Gasteiger charge is -2.13. The number of rotatable bonds is 5. The van der Waals surface area contributed by atoms with Gasteiger partial charge in [-0.15, -0.1) is 0 Å². The predicted molar refractivity (Wildman–Crippen MR) is 68.1 cm³/mol. The molecule has 0 aliphatic rings. The quantitative estimate of drug-likeness (QED) is 0.846. The Balaban J connectivity index is 2.63. The van der Waals surface area contributed by atoms with E-state index in [9.17, 15) is 9.59 Å². The molecule has 0 saturated heterocycles. The third-order valence-corrected chi connectivity index (χ3v) is 2.73. The Hall–Kier alpha value is -1.58. The molecule has 4 heteroatoms. The first kappa shape index (κ1) is 13.5. The summed E-state index contributed by atoms with van der Waals surface area (Å²) in [6.45, 7) is 4.10. The van der Waals surface area contributed by atoms with Gasteiger partial charge in [-0.2, -0.15) is 0 Å². The van der Waals surface area contributed by atoms with Gasteiger partial charge < -0.3 is 9.88 Å². The average molecular weight is 236 g/mol. The number of aryl methyl sites for hydroxylation is 1. The van der Waals surface area contributed by atoms with Crippen molar-refractivity contribution >= 4 is 5.91 Å². The SMILES string of the molecule is CCCCC(C)NC(=O)c1ccn(C)c(=O)c1. The lowest BCUT2D eigenvalue weighted by Crippen LogP contribution is -2.33. The van der Waals surface area contributed by atoms with Crippen LogP contribution in [0, 0.1) is 0 Å². The van der Waals surface area contributed by atoms with Crippen LogP contribution in [-0.4, -0.2) is 16.5 Å². The van der Waals surface area contributed by atoms with Gasteiger partial charge in [-0.25, -0.2) is 0 Å². The number of carbonyl (C=O) groups is 1. The first-order valence-electron chi connectivity index (χ1n) is 6.02. The maximum Gasteiger partial charge on any atom is 0.251 e. The fourth-order valence-corrected chi connectivity index (χ4v) is 1.58. The summed E-state index contributed by atoms with van der Waals surface area (Å²) in [7, 11) is 1.66. The Morgan fingerprint density at radius 3 is 2.82 bits per heavy atom. The number of nitrogens with zero attached hydrogens (tertiary/aromatic N) is 1. The zero-order valence-electron chi connectivity index (χ0n) is 10.7. The molecule has 0 aromatic carbocycles. The maximum absolute atomic E-state index is 11.8. The first-order chi connectivity index (χ1) is 8.04. The number of nitrogens with one attached hydrogen (secondary N) is 1. The molecule has 0 saturated carbocycles. The highest BCUT2D eigenvalue weighted by atomic mass is 16.2. The van der Waals surface area contributed by atoms with E-state index in [0.29, 0.717) is 5.56 Å². The van der Waals surface area contributed by atoms with E-state index in [4.69, 9.17) is 0 Å². The molecule has 0 spiro atoms. The molecule has 0 fully saturated rings. The summed E-state index contributed by atoms with van der Waals surface area (Å²) in [5.74, 6) is -0.175. The zero-order valence-corrected chi connectivity index (χ0v) is 10.7. The highest BCUT2D eigenvalue weighted by molar-refractivity contribution is 5.94. The molecule has 1 N–H and O–H groups in total. The van der Waals surface area contributed by atoms with Gasteiger partial charge in [-0.3, -0.25) is 9.59 Å². The van der Waals surface area contributed by atoms with Crippen LogP contribution in [0.3, 0.4) is 0 Å². The fourth-order valence-electron chi connectivity index (χ4n) is 1.58. The van der Waals surface area contributed by atoms with Gasteiger partial charge in [-0.05, 0) is 19.4 Å². The Morgan fingerprint density at radius 1 is 1.53 bits per heavy atom. The van der Waals surface area contributed by atoms with Gasteiger partial charge in [0.05, 0.1) is 0 Å². The molecular weight excluding hydrogens is 216 g/mol. The predicted octanol–water partition coefficient (Wildman–Crippen LogP) is 1.69. The van der Waals surface area contributed by atoms with Gasteiger partial charge in [0.1, 0.15) is 0 Å². The third kappa shape index (κ3) is 4.06. The van der Waals surface area contributed by atoms with E-state index >= 15 is 0 Å². The summed E-state index contributed by atoms with van der Waals surface area (Å²) in [6, 6.07) is 3.16. The highest BCUT2D eigenvalue weighted by Gasteiger charge is 2.09. The minimum absolute atomic E-state index is 0.145. The minimum Gasteiger partial charge on any atom is -0.350 e. The summed E-state index contributed by atoms with van der Waals surface area (Å²) in [5, 5.41) is 2.89. The summed E-state index contributed by atoms with van der Waals surface area (Å²) >= 11 is 0. The number of pyridine rings is 1. The molecule has 1 unspecified atom stereocenters. The number of carbonyl (C=O) groups excluding carboxylic acids is 1. The van der Waals surface area contributed by atoms with Crippen LogP contribution in [0.15, 0.2) is 23.1 Å². The second-order valence-electron chi connectivity index (χ2n) is 4.38. The van der Waals surface area contributed by atoms with Crippen molar-refractivity contribution in [1.82, 2.24) is 9.88 Å². The zero-order chi connectivity index (χ0) is 12.8. The van der Waals surface area contributed by atoms with E-state index in [1.165, 1.54) is 10.6 Å². The Kier molecular flexibility index (Phi) is 4.94. The lowest BCUT2D eigenvalue weighted by atomic mass is 10.1. The van der Waals surface area contributed by atoms with Crippen molar-refractivity contribution in [2.24, 2.45) is 7.05 Å². The highest BCUT2D eigenvalue weighted by Crippen LogP contribution is 2.01. The molecule has 1 amide bonds. The number of unbranched alkanes of at least 4 members (excludes halogenated alkanes) is 1. The number of hydrogen-bond donors (Lipinski definition) is 1. The van der Waals surface area contributed by atoms with Crippen molar-refractivity contribution in [1.29, 1.82) is 0 Å². The largest absolute Gasteiger partial charge is 0.350 e. The monoisotopic (exact) mass is 236 g/mol. The Labute approximate surface area is 102 Å². The molecule has 1 heterocycles. The molecule has 1 aromatic heterocycles. The van der Waals surface area contributed by atoms with Crippen molar-refractivity contribution in [3.05, 3.63) is 34.2 Å². The van der Waals surface area contributed by atoms with Crippen LogP contribution in [0.5, 0.6) is 0 Å². The number of amides is 1. The molecule has 1 atom stereocenters. The van der Waals surface area contributed by atoms with Crippen LogP contribution in [-0.2, 0) is 7.05 Å². The molecular formula is C13H20N2O2. The van der Waals surface area contributed by atoms with Crippen LogP contribution in [0.1, 0.15) is 43.5 Å². The normalized spacial score (nSPS) is 12.2. The second kappa shape index (κ2) is 6.23. The van der Waals surface area contributed by atoms with Crippen LogP contribution in [0.25, 0.3) is 0 Å². The Morgan fingerprint density at radius 2 is 2.24 bits per heavy atom. The third-order valence-electron chi connectivity index (χ3n) is 2.73. The molecule has 1 aromatic rings. The van der Waals surface area contributed by atoms with Crippen LogP contribution < -0.4 is 10.9 Å². The van der Waals surface area contributed by atoms with E-state index in [1.807, 2.05) is 6.92 Å². The standard InChI is InChI=1S/C13H20N2O2/c1-4-5-6-10(2)14-13(17)11-7-8-15(3)12(16)9-11/h7-10H,4-6H2,1-3H3,(H,14,17). The van der Waals surface area contributed by atoms with Crippen LogP contribution >= 0.6 is 0 Å². The van der Waals surface area contributed by atoms with E-state index in [2.05, 4.69) is 12.2 Å². The number of aromatic nitrogens is 1. The molecule has 17 heavy (non-hydrogen) atoms. The van der Waals surface area contributed by atoms with E-state index in [0.717, 1.165) is 19.3 Å². The van der Waals surface area contributed by atoms with Gasteiger partial charge in [0.15, 0.2) is 0 Å². The topological polar surface area (TPSA) is 51.1 Å². The summed E-state index contributed by atoms with van der Waals surface area (Å²) in [4.78, 5) is 23.2. The van der Waals surface area contributed by atoms with E-state index in [1.54, 1.807) is 19.3 Å². The molecule has 94 valence electrons. The summed E-state index contributed by atoms with van der Waals surface area (Å²) in [5.41, 5.74) is 0.260. The fraction of sp³-hybridized carbons (Fsp3) is 0.538. The molecule has 0 aliphatic carbocycles. The van der Waals surface area contributed by atoms with Gasteiger partial charge in [0.2, 0.25) is 0 Å². The van der Waals surface area contributed by atoms with Crippen LogP contribution in [0.4, 0.5) is 0 Å². The van der Waals surface area contributed by atoms with Crippen LogP contribution in [0.2, 0.25) is 0 Å². The first-order valence-corrected chi connectivity index (χ1v) is 6.02. The van der Waals surface area contributed by atoms with Crippen molar-refractivity contribution in [3.63, 3.8) is 0 Å². The van der Waals surface area contributed by atoms with Gasteiger partial charge >= 0.3 is 0 Å². The van der Waals surface area contributed by atoms with Gasteiger partial charge in [-0.1, -0.05) is 19.8 Å². The van der Waals surface area contributed by atoms with E-state index in [-0.39, 0.29) is 17.5 Å². The molecule has 1 rings (SSSR count). The van der Waals surface area contributed by atoms with Crippen molar-refractivity contribution < 1.29 is 4.79 Å². The maximum atomic E-state index is 11.8. The second-order valence-corrected chi connectivity index (χ2v) is 4.38. The van der Waals surface area contributed by atoms with Gasteiger partial charge in [0, 0.05) is 30.9 Å². The molecule has 4 nitrogen and oxygen atoms in total. The summed E-state index contributed by atoms with van der Waals surface area (Å²) < 4.78 is 1.44. The average Bonchev–Trinajstić information content (AvgIpc) is 2.30. The molecule has 0 aliphatic heterocycles.